The first kappa shape index (κ1) is 20.0. The average Bonchev–Trinajstić information content (AvgIpc) is 3.49. The van der Waals surface area contributed by atoms with Gasteiger partial charge in [0.15, 0.2) is 5.76 Å². The fraction of sp³-hybridized carbons (Fsp3) is 0.300. The third kappa shape index (κ3) is 4.16. The number of benzene rings is 1. The van der Waals surface area contributed by atoms with Gasteiger partial charge in [-0.15, -0.1) is 5.10 Å². The lowest BCUT2D eigenvalue weighted by molar-refractivity contribution is 0.254. The number of hydrogen-bond donors (Lipinski definition) is 2. The molecule has 160 valence electrons. The van der Waals surface area contributed by atoms with Crippen LogP contribution in [0.25, 0.3) is 17.4 Å². The molecule has 1 aliphatic heterocycles. The van der Waals surface area contributed by atoms with Crippen molar-refractivity contribution >= 4 is 40.9 Å². The van der Waals surface area contributed by atoms with Crippen molar-refractivity contribution in [3.63, 3.8) is 0 Å². The number of nitrogens with one attached hydrogen (secondary N) is 1. The van der Waals surface area contributed by atoms with Gasteiger partial charge in [-0.1, -0.05) is 29.3 Å². The molecule has 1 saturated heterocycles. The van der Waals surface area contributed by atoms with Crippen molar-refractivity contribution < 1.29 is 4.42 Å². The molecule has 4 heterocycles. The van der Waals surface area contributed by atoms with Crippen molar-refractivity contribution in [3.05, 3.63) is 52.2 Å². The molecule has 11 heteroatoms. The van der Waals surface area contributed by atoms with Crippen LogP contribution in [0.2, 0.25) is 10.0 Å². The Balaban J connectivity index is 1.28. The molecule has 31 heavy (non-hydrogen) atoms. The molecule has 1 atom stereocenters. The van der Waals surface area contributed by atoms with Gasteiger partial charge in [0, 0.05) is 19.1 Å². The first-order chi connectivity index (χ1) is 15.1. The van der Waals surface area contributed by atoms with Crippen LogP contribution in [-0.2, 0) is 6.54 Å². The van der Waals surface area contributed by atoms with Crippen LogP contribution in [0.4, 0.5) is 11.9 Å². The van der Waals surface area contributed by atoms with Gasteiger partial charge in [0.1, 0.15) is 0 Å². The number of halogens is 2. The number of aromatic nitrogens is 5. The number of fused-ring (bicyclic) bond motifs is 1. The van der Waals surface area contributed by atoms with Gasteiger partial charge in [0.25, 0.3) is 5.78 Å². The van der Waals surface area contributed by atoms with Crippen LogP contribution in [0, 0.1) is 0 Å². The zero-order valence-electron chi connectivity index (χ0n) is 16.5. The molecule has 0 bridgehead atoms. The van der Waals surface area contributed by atoms with Crippen molar-refractivity contribution in [3.8, 4) is 11.6 Å². The smallest absolute Gasteiger partial charge is 0.259 e. The fourth-order valence-electron chi connectivity index (χ4n) is 3.81. The number of nitrogens with two attached hydrogens (primary N) is 1. The minimum absolute atomic E-state index is 0.205. The Morgan fingerprint density at radius 1 is 1.16 bits per heavy atom. The molecular formula is C20H20Cl2N8O. The summed E-state index contributed by atoms with van der Waals surface area (Å²) in [6.45, 7) is 2.52. The van der Waals surface area contributed by atoms with Gasteiger partial charge < -0.3 is 15.5 Å². The van der Waals surface area contributed by atoms with Crippen molar-refractivity contribution in [2.24, 2.45) is 0 Å². The highest BCUT2D eigenvalue weighted by molar-refractivity contribution is 6.42. The monoisotopic (exact) mass is 458 g/mol. The molecule has 1 unspecified atom stereocenters. The Bertz CT molecular complexity index is 1210. The lowest BCUT2D eigenvalue weighted by atomic mass is 10.2. The molecule has 3 N–H and O–H groups in total. The summed E-state index contributed by atoms with van der Waals surface area (Å²) in [4.78, 5) is 15.6. The maximum atomic E-state index is 6.16. The van der Waals surface area contributed by atoms with Crippen LogP contribution >= 0.6 is 23.2 Å². The van der Waals surface area contributed by atoms with Gasteiger partial charge >= 0.3 is 0 Å². The summed E-state index contributed by atoms with van der Waals surface area (Å²) in [6, 6.07) is 9.66. The van der Waals surface area contributed by atoms with Crippen LogP contribution in [-0.4, -0.2) is 48.6 Å². The third-order valence-corrected chi connectivity index (χ3v) is 6.08. The maximum absolute atomic E-state index is 6.16. The van der Waals surface area contributed by atoms with Gasteiger partial charge in [-0.25, -0.2) is 0 Å². The van der Waals surface area contributed by atoms with Crippen LogP contribution in [0.1, 0.15) is 18.4 Å². The molecular weight excluding hydrogens is 439 g/mol. The highest BCUT2D eigenvalue weighted by Crippen LogP contribution is 2.26. The average molecular weight is 459 g/mol. The fourth-order valence-corrected chi connectivity index (χ4v) is 4.13. The summed E-state index contributed by atoms with van der Waals surface area (Å²) < 4.78 is 6.74. The van der Waals surface area contributed by atoms with E-state index < -0.39 is 0 Å². The minimum atomic E-state index is 0.205. The Morgan fingerprint density at radius 2 is 2.06 bits per heavy atom. The molecule has 0 radical (unpaired) electrons. The van der Waals surface area contributed by atoms with E-state index in [2.05, 4.69) is 30.3 Å². The minimum Gasteiger partial charge on any atom is -0.461 e. The number of nitrogens with zero attached hydrogens (tertiary/aromatic N) is 6. The van der Waals surface area contributed by atoms with Crippen LogP contribution in [0.5, 0.6) is 0 Å². The molecule has 0 aliphatic carbocycles. The largest absolute Gasteiger partial charge is 0.461 e. The first-order valence-corrected chi connectivity index (χ1v) is 10.7. The lowest BCUT2D eigenvalue weighted by Gasteiger charge is -2.25. The predicted octanol–water partition coefficient (Wildman–Crippen LogP) is 3.74. The van der Waals surface area contributed by atoms with E-state index in [4.69, 9.17) is 33.4 Å². The maximum Gasteiger partial charge on any atom is 0.259 e. The second-order valence-corrected chi connectivity index (χ2v) is 8.24. The Kier molecular flexibility index (Phi) is 5.39. The second-order valence-electron chi connectivity index (χ2n) is 7.43. The van der Waals surface area contributed by atoms with Crippen molar-refractivity contribution in [1.29, 1.82) is 0 Å². The molecule has 1 aliphatic rings. The number of furan rings is 1. The SMILES string of the molecule is Nc1nc(NCC2CCCN2Cc2ccc(Cl)c(Cl)c2)nc2nc(-c3ccco3)nn12. The standard InChI is InChI=1S/C20H20Cl2N8O/c21-14-6-5-12(9-15(14)22)11-29-7-1-3-13(29)10-24-19-26-18(23)30-20(27-19)25-17(28-30)16-4-2-8-31-16/h2,4-6,8-9,13H,1,3,7,10-11H2,(H3,23,24,25,26,27,28). The van der Waals surface area contributed by atoms with Gasteiger partial charge in [-0.3, -0.25) is 4.90 Å². The number of rotatable bonds is 6. The Labute approximate surface area is 188 Å². The van der Waals surface area contributed by atoms with Crippen molar-refractivity contribution in [2.45, 2.75) is 25.4 Å². The lowest BCUT2D eigenvalue weighted by Crippen LogP contribution is -2.34. The summed E-state index contributed by atoms with van der Waals surface area (Å²) in [6.07, 6.45) is 3.78. The quantitative estimate of drug-likeness (QED) is 0.449. The Morgan fingerprint density at radius 3 is 2.87 bits per heavy atom. The summed E-state index contributed by atoms with van der Waals surface area (Å²) in [5.74, 6) is 1.94. The molecule has 5 rings (SSSR count). The van der Waals surface area contributed by atoms with E-state index in [1.807, 2.05) is 18.2 Å². The Hall–Kier alpha value is -2.88. The summed E-state index contributed by atoms with van der Waals surface area (Å²) in [7, 11) is 0. The molecule has 9 nitrogen and oxygen atoms in total. The number of hydrogen-bond acceptors (Lipinski definition) is 8. The van der Waals surface area contributed by atoms with E-state index in [0.717, 1.165) is 31.5 Å². The molecule has 0 amide bonds. The summed E-state index contributed by atoms with van der Waals surface area (Å²) >= 11 is 12.2. The van der Waals surface area contributed by atoms with Gasteiger partial charge in [0.05, 0.1) is 16.3 Å². The number of likely N-dealkylation sites (tertiary alicyclic amines) is 1. The van der Waals surface area contributed by atoms with E-state index in [0.29, 0.717) is 45.9 Å². The van der Waals surface area contributed by atoms with E-state index in [9.17, 15) is 0 Å². The van der Waals surface area contributed by atoms with E-state index in [1.54, 1.807) is 18.4 Å². The summed E-state index contributed by atoms with van der Waals surface area (Å²) in [5.41, 5.74) is 7.20. The highest BCUT2D eigenvalue weighted by Gasteiger charge is 2.25. The van der Waals surface area contributed by atoms with Crippen molar-refractivity contribution in [2.75, 3.05) is 24.1 Å². The number of anilines is 2. The van der Waals surface area contributed by atoms with Gasteiger partial charge in [-0.05, 0) is 49.2 Å². The van der Waals surface area contributed by atoms with Crippen LogP contribution < -0.4 is 11.1 Å². The van der Waals surface area contributed by atoms with E-state index >= 15 is 0 Å². The molecule has 0 spiro atoms. The summed E-state index contributed by atoms with van der Waals surface area (Å²) in [5, 5.41) is 8.76. The third-order valence-electron chi connectivity index (χ3n) is 5.34. The zero-order chi connectivity index (χ0) is 21.4. The van der Waals surface area contributed by atoms with E-state index in [1.165, 1.54) is 4.52 Å². The molecule has 0 saturated carbocycles. The highest BCUT2D eigenvalue weighted by atomic mass is 35.5. The molecule has 3 aromatic heterocycles. The van der Waals surface area contributed by atoms with Crippen LogP contribution in [0.3, 0.4) is 0 Å². The second kappa shape index (κ2) is 8.33. The normalized spacial score (nSPS) is 16.9. The number of nitrogen functional groups attached to an aromatic ring is 1. The molecule has 4 aromatic rings. The zero-order valence-corrected chi connectivity index (χ0v) is 18.0. The molecule has 1 aromatic carbocycles. The molecule has 1 fully saturated rings. The first-order valence-electron chi connectivity index (χ1n) is 9.93. The van der Waals surface area contributed by atoms with Gasteiger partial charge in [-0.2, -0.15) is 19.5 Å². The topological polar surface area (TPSA) is 110 Å². The van der Waals surface area contributed by atoms with E-state index in [-0.39, 0.29) is 5.95 Å². The van der Waals surface area contributed by atoms with Crippen molar-refractivity contribution in [1.82, 2.24) is 29.5 Å². The van der Waals surface area contributed by atoms with Gasteiger partial charge in [0.2, 0.25) is 17.7 Å². The predicted molar refractivity (Wildman–Crippen MR) is 119 cm³/mol. The van der Waals surface area contributed by atoms with Crippen LogP contribution in [0.15, 0.2) is 41.0 Å².